The van der Waals surface area contributed by atoms with E-state index >= 15 is 0 Å². The van der Waals surface area contributed by atoms with Gasteiger partial charge in [-0.05, 0) is 24.3 Å². The van der Waals surface area contributed by atoms with E-state index in [0.717, 1.165) is 0 Å². The molecule has 0 aliphatic heterocycles. The van der Waals surface area contributed by atoms with E-state index in [1.807, 2.05) is 0 Å². The first-order valence-electron chi connectivity index (χ1n) is 2.27. The van der Waals surface area contributed by atoms with Crippen LogP contribution in [0.1, 0.15) is 0 Å². The molecule has 0 spiro atoms. The molecule has 0 aliphatic carbocycles. The van der Waals surface area contributed by atoms with Crippen molar-refractivity contribution in [3.63, 3.8) is 0 Å². The van der Waals surface area contributed by atoms with Crippen LogP contribution in [-0.2, 0) is 0 Å². The van der Waals surface area contributed by atoms with Crippen LogP contribution in [0.25, 0.3) is 0 Å². The monoisotopic (exact) mass is 152 g/mol. The van der Waals surface area contributed by atoms with Crippen LogP contribution < -0.4 is 0 Å². The van der Waals surface area contributed by atoms with E-state index in [9.17, 15) is 0 Å². The zero-order valence-electron chi connectivity index (χ0n) is 4.20. The molecular formula is C6H8CaO2. The minimum absolute atomic E-state index is 0. The molecule has 0 saturated heterocycles. The van der Waals surface area contributed by atoms with E-state index in [4.69, 9.17) is 10.2 Å². The molecule has 9 heavy (non-hydrogen) atoms. The third-order valence-electron chi connectivity index (χ3n) is 0.850. The van der Waals surface area contributed by atoms with E-state index < -0.39 is 0 Å². The Bertz CT molecular complexity index is 150. The Morgan fingerprint density at radius 2 is 1.00 bits per heavy atom. The fourth-order valence-electron chi connectivity index (χ4n) is 0.453. The van der Waals surface area contributed by atoms with Gasteiger partial charge in [-0.1, -0.05) is 0 Å². The van der Waals surface area contributed by atoms with Gasteiger partial charge in [-0.25, -0.2) is 0 Å². The number of phenolic OH excluding ortho intramolecular Hbond substituents is 2. The maximum absolute atomic E-state index is 8.65. The van der Waals surface area contributed by atoms with Crippen LogP contribution in [0.3, 0.4) is 0 Å². The molecule has 0 unspecified atom stereocenters. The number of aromatic hydroxyl groups is 2. The van der Waals surface area contributed by atoms with Gasteiger partial charge in [0.25, 0.3) is 0 Å². The zero-order valence-corrected chi connectivity index (χ0v) is 4.20. The van der Waals surface area contributed by atoms with Crippen molar-refractivity contribution in [2.45, 2.75) is 0 Å². The summed E-state index contributed by atoms with van der Waals surface area (Å²) in [6.45, 7) is 0. The number of phenols is 2. The fraction of sp³-hybridized carbons (Fsp3) is 0. The second-order valence-corrected chi connectivity index (χ2v) is 1.52. The van der Waals surface area contributed by atoms with Crippen molar-refractivity contribution in [1.82, 2.24) is 0 Å². The molecule has 0 saturated carbocycles. The van der Waals surface area contributed by atoms with Gasteiger partial charge in [-0.15, -0.1) is 0 Å². The molecule has 1 aromatic rings. The Morgan fingerprint density at radius 3 is 1.22 bits per heavy atom. The van der Waals surface area contributed by atoms with Crippen molar-refractivity contribution in [3.05, 3.63) is 24.3 Å². The SMILES string of the molecule is Oc1ccc(O)cc1.[CaH2]. The minimum atomic E-state index is 0. The predicted octanol–water partition coefficient (Wildman–Crippen LogP) is 0.182. The average molecular weight is 152 g/mol. The summed E-state index contributed by atoms with van der Waals surface area (Å²) in [6, 6.07) is 5.70. The van der Waals surface area contributed by atoms with Crippen molar-refractivity contribution in [1.29, 1.82) is 0 Å². The third-order valence-corrected chi connectivity index (χ3v) is 0.850. The molecule has 0 radical (unpaired) electrons. The van der Waals surface area contributed by atoms with Gasteiger partial charge in [0.2, 0.25) is 0 Å². The fourth-order valence-corrected chi connectivity index (χ4v) is 0.453. The molecule has 2 nitrogen and oxygen atoms in total. The normalized spacial score (nSPS) is 8.00. The number of benzene rings is 1. The summed E-state index contributed by atoms with van der Waals surface area (Å²) < 4.78 is 0. The summed E-state index contributed by atoms with van der Waals surface area (Å²) in [5.74, 6) is 0.339. The molecule has 2 N–H and O–H groups in total. The van der Waals surface area contributed by atoms with Gasteiger partial charge in [0, 0.05) is 0 Å². The molecule has 0 aromatic heterocycles. The molecule has 0 bridgehead atoms. The Balaban J connectivity index is 0.000000640. The summed E-state index contributed by atoms with van der Waals surface area (Å²) in [6.07, 6.45) is 0. The molecule has 0 aliphatic rings. The van der Waals surface area contributed by atoms with E-state index in [1.165, 1.54) is 24.3 Å². The average Bonchev–Trinajstić information content (AvgIpc) is 1.77. The molecule has 46 valence electrons. The van der Waals surface area contributed by atoms with Crippen LogP contribution in [0.5, 0.6) is 11.5 Å². The van der Waals surface area contributed by atoms with Crippen LogP contribution in [0, 0.1) is 0 Å². The Kier molecular flexibility index (Phi) is 4.02. The van der Waals surface area contributed by atoms with Crippen LogP contribution in [0.4, 0.5) is 0 Å². The number of rotatable bonds is 0. The molecule has 0 heterocycles. The molecule has 0 atom stereocenters. The van der Waals surface area contributed by atoms with Crippen molar-refractivity contribution in [2.24, 2.45) is 0 Å². The van der Waals surface area contributed by atoms with Gasteiger partial charge < -0.3 is 10.2 Å². The molecule has 0 amide bonds. The van der Waals surface area contributed by atoms with Crippen molar-refractivity contribution in [3.8, 4) is 11.5 Å². The van der Waals surface area contributed by atoms with Crippen LogP contribution in [-0.4, -0.2) is 48.0 Å². The molecule has 1 rings (SSSR count). The van der Waals surface area contributed by atoms with Gasteiger partial charge in [-0.3, -0.25) is 0 Å². The summed E-state index contributed by atoms with van der Waals surface area (Å²) in [5.41, 5.74) is 0. The quantitative estimate of drug-likeness (QED) is 0.411. The van der Waals surface area contributed by atoms with Gasteiger partial charge >= 0.3 is 37.7 Å². The standard InChI is InChI=1S/C6H6O2.Ca.2H/c7-5-1-2-6(8)4-3-5;;;/h1-4,7-8H;;;. The van der Waals surface area contributed by atoms with E-state index in [0.29, 0.717) is 0 Å². The zero-order chi connectivity index (χ0) is 5.98. The first-order valence-corrected chi connectivity index (χ1v) is 2.27. The van der Waals surface area contributed by atoms with Gasteiger partial charge in [0.1, 0.15) is 11.5 Å². The molecule has 0 fully saturated rings. The van der Waals surface area contributed by atoms with E-state index in [2.05, 4.69) is 0 Å². The Morgan fingerprint density at radius 1 is 0.778 bits per heavy atom. The predicted molar refractivity (Wildman–Crippen MR) is 38.3 cm³/mol. The first kappa shape index (κ1) is 9.08. The summed E-state index contributed by atoms with van der Waals surface area (Å²) in [5, 5.41) is 17.3. The molecular weight excluding hydrogens is 144 g/mol. The summed E-state index contributed by atoms with van der Waals surface area (Å²) >= 11 is 0. The van der Waals surface area contributed by atoms with Crippen LogP contribution in [0.2, 0.25) is 0 Å². The number of hydrogen-bond donors (Lipinski definition) is 2. The topological polar surface area (TPSA) is 40.5 Å². The Hall–Kier alpha value is 0.0797. The van der Waals surface area contributed by atoms with Gasteiger partial charge in [0.15, 0.2) is 0 Å². The maximum atomic E-state index is 8.65. The number of hydrogen-bond acceptors (Lipinski definition) is 2. The first-order chi connectivity index (χ1) is 3.79. The second-order valence-electron chi connectivity index (χ2n) is 1.52. The van der Waals surface area contributed by atoms with Gasteiger partial charge in [-0.2, -0.15) is 0 Å². The van der Waals surface area contributed by atoms with Crippen LogP contribution >= 0.6 is 0 Å². The van der Waals surface area contributed by atoms with Crippen molar-refractivity contribution >= 4 is 37.7 Å². The second kappa shape index (κ2) is 3.99. The third kappa shape index (κ3) is 2.94. The molecule has 1 aromatic carbocycles. The summed E-state index contributed by atoms with van der Waals surface area (Å²) in [7, 11) is 0. The van der Waals surface area contributed by atoms with E-state index in [1.54, 1.807) is 0 Å². The Labute approximate surface area is 83.1 Å². The van der Waals surface area contributed by atoms with Crippen molar-refractivity contribution in [2.75, 3.05) is 0 Å². The summed E-state index contributed by atoms with van der Waals surface area (Å²) in [4.78, 5) is 0. The van der Waals surface area contributed by atoms with Gasteiger partial charge in [0.05, 0.1) is 0 Å². The molecule has 3 heteroatoms. The van der Waals surface area contributed by atoms with Crippen molar-refractivity contribution < 1.29 is 10.2 Å². The van der Waals surface area contributed by atoms with E-state index in [-0.39, 0.29) is 49.2 Å². The van der Waals surface area contributed by atoms with Crippen LogP contribution in [0.15, 0.2) is 24.3 Å².